The predicted molar refractivity (Wildman–Crippen MR) is 85.1 cm³/mol. The second kappa shape index (κ2) is 5.77. The molecule has 0 spiro atoms. The van der Waals surface area contributed by atoms with E-state index in [4.69, 9.17) is 5.73 Å². The smallest absolute Gasteiger partial charge is 0.270 e. The van der Waals surface area contributed by atoms with Crippen LogP contribution < -0.4 is 5.73 Å². The molecule has 0 aliphatic rings. The molecule has 2 rings (SSSR count). The molecule has 0 unspecified atom stereocenters. The third kappa shape index (κ3) is 3.02. The zero-order valence-corrected chi connectivity index (χ0v) is 13.5. The van der Waals surface area contributed by atoms with Crippen molar-refractivity contribution in [2.75, 3.05) is 5.73 Å². The van der Waals surface area contributed by atoms with Crippen molar-refractivity contribution in [2.45, 2.75) is 26.7 Å². The molecule has 0 radical (unpaired) electrons. The number of nitrogens with two attached hydrogens (primary N) is 1. The van der Waals surface area contributed by atoms with Gasteiger partial charge in [-0.2, -0.15) is 0 Å². The van der Waals surface area contributed by atoms with Crippen LogP contribution >= 0.6 is 15.9 Å². The molecule has 0 saturated carbocycles. The van der Waals surface area contributed by atoms with Gasteiger partial charge in [-0.1, -0.05) is 19.9 Å². The number of hydrogen-bond acceptors (Lipinski definition) is 5. The molecule has 1 aromatic carbocycles. The minimum absolute atomic E-state index is 0.00628. The number of aryl methyl sites for hydroxylation is 1. The fourth-order valence-corrected chi connectivity index (χ4v) is 2.59. The maximum absolute atomic E-state index is 10.9. The summed E-state index contributed by atoms with van der Waals surface area (Å²) in [6.07, 6.45) is 0. The van der Waals surface area contributed by atoms with Gasteiger partial charge < -0.3 is 5.73 Å². The Labute approximate surface area is 130 Å². The molecule has 7 heteroatoms. The van der Waals surface area contributed by atoms with Crippen molar-refractivity contribution >= 4 is 27.4 Å². The summed E-state index contributed by atoms with van der Waals surface area (Å²) in [6.45, 7) is 5.85. The number of nitro benzene ring substituents is 1. The maximum atomic E-state index is 10.9. The number of nitro groups is 1. The highest BCUT2D eigenvalue weighted by atomic mass is 79.9. The van der Waals surface area contributed by atoms with E-state index in [1.54, 1.807) is 6.07 Å². The molecule has 0 aliphatic carbocycles. The Balaban J connectivity index is 2.67. The number of anilines is 1. The molecule has 110 valence electrons. The second-order valence-electron chi connectivity index (χ2n) is 5.04. The lowest BCUT2D eigenvalue weighted by Gasteiger charge is -2.12. The van der Waals surface area contributed by atoms with Crippen molar-refractivity contribution < 1.29 is 4.92 Å². The topological polar surface area (TPSA) is 94.9 Å². The fourth-order valence-electron chi connectivity index (χ4n) is 1.95. The van der Waals surface area contributed by atoms with Crippen molar-refractivity contribution in [1.29, 1.82) is 0 Å². The van der Waals surface area contributed by atoms with Gasteiger partial charge in [0.05, 0.1) is 15.1 Å². The van der Waals surface area contributed by atoms with Crippen LogP contribution in [0.15, 0.2) is 22.7 Å². The van der Waals surface area contributed by atoms with Crippen LogP contribution in [0, 0.1) is 17.0 Å². The largest absolute Gasteiger partial charge is 0.383 e. The molecule has 1 heterocycles. The van der Waals surface area contributed by atoms with Crippen LogP contribution in [0.1, 0.15) is 31.0 Å². The first-order chi connectivity index (χ1) is 9.81. The highest BCUT2D eigenvalue weighted by Crippen LogP contribution is 2.32. The summed E-state index contributed by atoms with van der Waals surface area (Å²) in [5, 5.41) is 10.9. The summed E-state index contributed by atoms with van der Waals surface area (Å²) < 4.78 is 0.671. The molecule has 6 nitrogen and oxygen atoms in total. The molecule has 0 aliphatic heterocycles. The molecule has 0 bridgehead atoms. The molecule has 21 heavy (non-hydrogen) atoms. The normalized spacial score (nSPS) is 10.9. The summed E-state index contributed by atoms with van der Waals surface area (Å²) in [5.41, 5.74) is 8.17. The van der Waals surface area contributed by atoms with Gasteiger partial charge in [-0.15, -0.1) is 0 Å². The number of non-ortho nitro benzene ring substituents is 1. The molecule has 1 aromatic heterocycles. The van der Waals surface area contributed by atoms with E-state index in [9.17, 15) is 10.1 Å². The standard InChI is InChI=1S/C14H15BrN4O2/c1-7(2)12-11(15)13(16)18-14(17-12)10-6-9(19(20)21)5-4-8(10)3/h4-7H,1-3H3,(H2,16,17,18). The van der Waals surface area contributed by atoms with Gasteiger partial charge in [-0.25, -0.2) is 9.97 Å². The minimum Gasteiger partial charge on any atom is -0.383 e. The molecule has 0 amide bonds. The molecular formula is C14H15BrN4O2. The Kier molecular flexibility index (Phi) is 4.22. The molecule has 0 atom stereocenters. The molecular weight excluding hydrogens is 336 g/mol. The van der Waals surface area contributed by atoms with E-state index in [0.717, 1.165) is 11.3 Å². The number of rotatable bonds is 3. The van der Waals surface area contributed by atoms with Crippen LogP contribution in [0.4, 0.5) is 11.5 Å². The number of hydrogen-bond donors (Lipinski definition) is 1. The lowest BCUT2D eigenvalue weighted by Crippen LogP contribution is -2.05. The first-order valence-electron chi connectivity index (χ1n) is 6.39. The van der Waals surface area contributed by atoms with Gasteiger partial charge in [0.2, 0.25) is 0 Å². The average molecular weight is 351 g/mol. The first-order valence-corrected chi connectivity index (χ1v) is 7.19. The molecule has 0 fully saturated rings. The summed E-state index contributed by atoms with van der Waals surface area (Å²) in [7, 11) is 0. The summed E-state index contributed by atoms with van der Waals surface area (Å²) >= 11 is 3.39. The lowest BCUT2D eigenvalue weighted by molar-refractivity contribution is -0.384. The van der Waals surface area contributed by atoms with Gasteiger partial charge >= 0.3 is 0 Å². The van der Waals surface area contributed by atoms with Crippen LogP contribution in [0.25, 0.3) is 11.4 Å². The van der Waals surface area contributed by atoms with Gasteiger partial charge in [0, 0.05) is 17.7 Å². The van der Waals surface area contributed by atoms with Crippen molar-refractivity contribution in [1.82, 2.24) is 9.97 Å². The summed E-state index contributed by atoms with van der Waals surface area (Å²) in [6, 6.07) is 4.62. The monoisotopic (exact) mass is 350 g/mol. The van der Waals surface area contributed by atoms with Crippen molar-refractivity contribution in [3.05, 3.63) is 44.0 Å². The van der Waals surface area contributed by atoms with Crippen molar-refractivity contribution in [3.8, 4) is 11.4 Å². The highest BCUT2D eigenvalue weighted by Gasteiger charge is 2.17. The van der Waals surface area contributed by atoms with Gasteiger partial charge in [0.1, 0.15) is 5.82 Å². The number of nitrogen functional groups attached to an aromatic ring is 1. The fraction of sp³-hybridized carbons (Fsp3) is 0.286. The zero-order valence-electron chi connectivity index (χ0n) is 11.9. The Morgan fingerprint density at radius 2 is 2.00 bits per heavy atom. The Morgan fingerprint density at radius 3 is 2.57 bits per heavy atom. The van der Waals surface area contributed by atoms with Gasteiger partial charge in [0.15, 0.2) is 5.82 Å². The lowest BCUT2D eigenvalue weighted by atomic mass is 10.1. The van der Waals surface area contributed by atoms with Crippen molar-refractivity contribution in [2.24, 2.45) is 0 Å². The predicted octanol–water partition coefficient (Wildman–Crippen LogP) is 3.83. The second-order valence-corrected chi connectivity index (χ2v) is 5.84. The third-order valence-electron chi connectivity index (χ3n) is 3.12. The summed E-state index contributed by atoms with van der Waals surface area (Å²) in [4.78, 5) is 19.2. The van der Waals surface area contributed by atoms with Crippen LogP contribution in [0.2, 0.25) is 0 Å². The Bertz CT molecular complexity index is 716. The Hall–Kier alpha value is -2.02. The zero-order chi connectivity index (χ0) is 15.7. The van der Waals surface area contributed by atoms with E-state index in [2.05, 4.69) is 25.9 Å². The van der Waals surface area contributed by atoms with Gasteiger partial charge in [-0.3, -0.25) is 10.1 Å². The van der Waals surface area contributed by atoms with E-state index in [1.807, 2.05) is 20.8 Å². The minimum atomic E-state index is -0.436. The van der Waals surface area contributed by atoms with E-state index in [1.165, 1.54) is 12.1 Å². The van der Waals surface area contributed by atoms with Crippen molar-refractivity contribution in [3.63, 3.8) is 0 Å². The van der Waals surface area contributed by atoms with Crippen LogP contribution in [0.3, 0.4) is 0 Å². The molecule has 2 N–H and O–H groups in total. The Morgan fingerprint density at radius 1 is 1.33 bits per heavy atom. The molecule has 2 aromatic rings. The average Bonchev–Trinajstić information content (AvgIpc) is 2.41. The van der Waals surface area contributed by atoms with Crippen LogP contribution in [-0.2, 0) is 0 Å². The third-order valence-corrected chi connectivity index (χ3v) is 3.93. The van der Waals surface area contributed by atoms with E-state index < -0.39 is 4.92 Å². The number of aromatic nitrogens is 2. The SMILES string of the molecule is Cc1ccc([N+](=O)[O-])cc1-c1nc(N)c(Br)c(C(C)C)n1. The van der Waals surface area contributed by atoms with E-state index in [0.29, 0.717) is 21.7 Å². The van der Waals surface area contributed by atoms with Crippen LogP contribution in [-0.4, -0.2) is 14.9 Å². The number of nitrogens with zero attached hydrogens (tertiary/aromatic N) is 3. The van der Waals surface area contributed by atoms with Gasteiger partial charge in [-0.05, 0) is 34.3 Å². The quantitative estimate of drug-likeness (QED) is 0.670. The van der Waals surface area contributed by atoms with Crippen LogP contribution in [0.5, 0.6) is 0 Å². The number of halogens is 1. The van der Waals surface area contributed by atoms with E-state index >= 15 is 0 Å². The number of benzene rings is 1. The molecule has 0 saturated heterocycles. The first kappa shape index (κ1) is 15.4. The van der Waals surface area contributed by atoms with E-state index in [-0.39, 0.29) is 11.6 Å². The highest BCUT2D eigenvalue weighted by molar-refractivity contribution is 9.10. The maximum Gasteiger partial charge on any atom is 0.270 e. The summed E-state index contributed by atoms with van der Waals surface area (Å²) in [5.74, 6) is 0.887. The van der Waals surface area contributed by atoms with Gasteiger partial charge in [0.25, 0.3) is 5.69 Å².